The molecule has 0 saturated carbocycles. The first-order valence-electron chi connectivity index (χ1n) is 8.96. The number of furan rings is 1. The molecular formula is C21H26N2O5. The van der Waals surface area contributed by atoms with E-state index in [-0.39, 0.29) is 0 Å². The number of rotatable bonds is 7. The quantitative estimate of drug-likeness (QED) is 0.562. The Hall–Kier alpha value is -3.22. The van der Waals surface area contributed by atoms with Crippen LogP contribution >= 0.6 is 0 Å². The standard InChI is InChI=1S/C21H26N2O5/c1-13(2)12-27-18-8-6-16(11-19(18)26-5)7-9-20(24)22-23-21(25)17-10-14(3)28-15(17)4/h6-11,13H,12H2,1-5H3,(H,22,24)(H,23,25)/b9-7+. The fourth-order valence-electron chi connectivity index (χ4n) is 2.42. The molecule has 2 rings (SSSR count). The van der Waals surface area contributed by atoms with Crippen molar-refractivity contribution in [3.8, 4) is 11.5 Å². The van der Waals surface area contributed by atoms with E-state index < -0.39 is 11.8 Å². The van der Waals surface area contributed by atoms with Crippen molar-refractivity contribution < 1.29 is 23.5 Å². The van der Waals surface area contributed by atoms with Gasteiger partial charge in [0.1, 0.15) is 11.5 Å². The Bertz CT molecular complexity index is 868. The molecule has 2 aromatic rings. The number of hydrogen-bond acceptors (Lipinski definition) is 5. The summed E-state index contributed by atoms with van der Waals surface area (Å²) in [4.78, 5) is 24.0. The summed E-state index contributed by atoms with van der Waals surface area (Å²) in [5, 5.41) is 0. The van der Waals surface area contributed by atoms with Crippen molar-refractivity contribution in [1.82, 2.24) is 10.9 Å². The van der Waals surface area contributed by atoms with Crippen LogP contribution in [0.15, 0.2) is 34.8 Å². The summed E-state index contributed by atoms with van der Waals surface area (Å²) in [6, 6.07) is 7.00. The molecular weight excluding hydrogens is 360 g/mol. The normalized spacial score (nSPS) is 10.9. The molecule has 7 heteroatoms. The molecule has 0 aliphatic rings. The second kappa shape index (κ2) is 9.64. The Labute approximate surface area is 164 Å². The molecule has 1 aromatic heterocycles. The van der Waals surface area contributed by atoms with Crippen LogP contribution < -0.4 is 20.3 Å². The molecule has 0 bridgehead atoms. The molecule has 7 nitrogen and oxygen atoms in total. The monoisotopic (exact) mass is 386 g/mol. The number of aryl methyl sites for hydroxylation is 2. The number of carbonyl (C=O) groups is 2. The summed E-state index contributed by atoms with van der Waals surface area (Å²) in [5.74, 6) is 1.85. The molecule has 0 fully saturated rings. The van der Waals surface area contributed by atoms with E-state index in [1.165, 1.54) is 6.08 Å². The van der Waals surface area contributed by atoms with Crippen LogP contribution in [0.25, 0.3) is 6.08 Å². The van der Waals surface area contributed by atoms with Gasteiger partial charge in [0.05, 0.1) is 19.3 Å². The molecule has 2 N–H and O–H groups in total. The molecule has 1 heterocycles. The summed E-state index contributed by atoms with van der Waals surface area (Å²) in [7, 11) is 1.56. The Morgan fingerprint density at radius 2 is 1.89 bits per heavy atom. The van der Waals surface area contributed by atoms with E-state index in [2.05, 4.69) is 24.7 Å². The Morgan fingerprint density at radius 1 is 1.14 bits per heavy atom. The van der Waals surface area contributed by atoms with Crippen molar-refractivity contribution >= 4 is 17.9 Å². The number of nitrogens with one attached hydrogen (secondary N) is 2. The van der Waals surface area contributed by atoms with E-state index in [0.717, 1.165) is 5.56 Å². The highest BCUT2D eigenvalue weighted by atomic mass is 16.5. The van der Waals surface area contributed by atoms with Crippen molar-refractivity contribution in [1.29, 1.82) is 0 Å². The van der Waals surface area contributed by atoms with Gasteiger partial charge in [0.25, 0.3) is 11.8 Å². The van der Waals surface area contributed by atoms with E-state index >= 15 is 0 Å². The number of carbonyl (C=O) groups excluding carboxylic acids is 2. The lowest BCUT2D eigenvalue weighted by molar-refractivity contribution is -0.117. The molecule has 2 amide bonds. The maximum atomic E-state index is 12.0. The molecule has 0 aliphatic heterocycles. The van der Waals surface area contributed by atoms with E-state index in [4.69, 9.17) is 13.9 Å². The summed E-state index contributed by atoms with van der Waals surface area (Å²) >= 11 is 0. The zero-order valence-corrected chi connectivity index (χ0v) is 16.8. The van der Waals surface area contributed by atoms with Crippen LogP contribution in [-0.4, -0.2) is 25.5 Å². The van der Waals surface area contributed by atoms with E-state index in [9.17, 15) is 9.59 Å². The average molecular weight is 386 g/mol. The van der Waals surface area contributed by atoms with Gasteiger partial charge in [0.2, 0.25) is 0 Å². The van der Waals surface area contributed by atoms with Gasteiger partial charge in [0, 0.05) is 6.08 Å². The van der Waals surface area contributed by atoms with Gasteiger partial charge >= 0.3 is 0 Å². The van der Waals surface area contributed by atoms with Crippen molar-refractivity contribution in [2.24, 2.45) is 5.92 Å². The fourth-order valence-corrected chi connectivity index (χ4v) is 2.42. The number of hydrogen-bond donors (Lipinski definition) is 2. The van der Waals surface area contributed by atoms with Gasteiger partial charge in [0.15, 0.2) is 11.5 Å². The van der Waals surface area contributed by atoms with E-state index in [0.29, 0.717) is 41.1 Å². The second-order valence-corrected chi connectivity index (χ2v) is 6.72. The third-order valence-corrected chi connectivity index (χ3v) is 3.77. The Balaban J connectivity index is 1.94. The molecule has 0 saturated heterocycles. The number of methoxy groups -OCH3 is 1. The molecule has 1 aromatic carbocycles. The van der Waals surface area contributed by atoms with E-state index in [1.807, 2.05) is 6.07 Å². The smallest absolute Gasteiger partial charge is 0.273 e. The van der Waals surface area contributed by atoms with Gasteiger partial charge in [-0.05, 0) is 49.6 Å². The summed E-state index contributed by atoms with van der Waals surface area (Å²) < 4.78 is 16.3. The first-order valence-corrected chi connectivity index (χ1v) is 8.96. The van der Waals surface area contributed by atoms with Crippen molar-refractivity contribution in [2.45, 2.75) is 27.7 Å². The third kappa shape index (κ3) is 5.90. The molecule has 28 heavy (non-hydrogen) atoms. The van der Waals surface area contributed by atoms with Crippen LogP contribution in [0.3, 0.4) is 0 Å². The molecule has 0 unspecified atom stereocenters. The lowest BCUT2D eigenvalue weighted by atomic mass is 10.2. The molecule has 0 aliphatic carbocycles. The zero-order chi connectivity index (χ0) is 20.7. The first-order chi connectivity index (χ1) is 13.3. The van der Waals surface area contributed by atoms with Gasteiger partial charge in [-0.2, -0.15) is 0 Å². The largest absolute Gasteiger partial charge is 0.493 e. The lowest BCUT2D eigenvalue weighted by Gasteiger charge is -2.12. The molecule has 0 spiro atoms. The average Bonchev–Trinajstić information content (AvgIpc) is 3.01. The predicted molar refractivity (Wildman–Crippen MR) is 106 cm³/mol. The second-order valence-electron chi connectivity index (χ2n) is 6.72. The third-order valence-electron chi connectivity index (χ3n) is 3.77. The topological polar surface area (TPSA) is 89.8 Å². The summed E-state index contributed by atoms with van der Waals surface area (Å²) in [6.07, 6.45) is 2.93. The van der Waals surface area contributed by atoms with E-state index in [1.54, 1.807) is 45.2 Å². The number of benzene rings is 1. The van der Waals surface area contributed by atoms with Crippen LogP contribution in [0.4, 0.5) is 0 Å². The fraction of sp³-hybridized carbons (Fsp3) is 0.333. The number of hydrazine groups is 1. The SMILES string of the molecule is COc1cc(/C=C/C(=O)NNC(=O)c2cc(C)oc2C)ccc1OCC(C)C. The Kier molecular flexibility index (Phi) is 7.26. The van der Waals surface area contributed by atoms with Crippen LogP contribution in [0, 0.1) is 19.8 Å². The summed E-state index contributed by atoms with van der Waals surface area (Å²) in [5.41, 5.74) is 5.83. The van der Waals surface area contributed by atoms with Gasteiger partial charge in [-0.25, -0.2) is 0 Å². The zero-order valence-electron chi connectivity index (χ0n) is 16.8. The number of ether oxygens (including phenoxy) is 2. The predicted octanol–water partition coefficient (Wildman–Crippen LogP) is 3.41. The first kappa shape index (κ1) is 21.1. The Morgan fingerprint density at radius 3 is 2.50 bits per heavy atom. The van der Waals surface area contributed by atoms with Gasteiger partial charge < -0.3 is 13.9 Å². The summed E-state index contributed by atoms with van der Waals surface area (Å²) in [6.45, 7) is 8.15. The van der Waals surface area contributed by atoms with Crippen molar-refractivity contribution in [3.05, 3.63) is 53.0 Å². The lowest BCUT2D eigenvalue weighted by Crippen LogP contribution is -2.40. The van der Waals surface area contributed by atoms with Crippen LogP contribution in [0.5, 0.6) is 11.5 Å². The van der Waals surface area contributed by atoms with Crippen LogP contribution in [0.1, 0.15) is 41.3 Å². The highest BCUT2D eigenvalue weighted by molar-refractivity contribution is 5.98. The van der Waals surface area contributed by atoms with Crippen molar-refractivity contribution in [3.63, 3.8) is 0 Å². The minimum atomic E-state index is -0.467. The minimum Gasteiger partial charge on any atom is -0.493 e. The highest BCUT2D eigenvalue weighted by Gasteiger charge is 2.13. The maximum absolute atomic E-state index is 12.0. The molecule has 0 radical (unpaired) electrons. The molecule has 0 atom stereocenters. The van der Waals surface area contributed by atoms with Crippen molar-refractivity contribution in [2.75, 3.05) is 13.7 Å². The highest BCUT2D eigenvalue weighted by Crippen LogP contribution is 2.28. The minimum absolute atomic E-state index is 0.378. The van der Waals surface area contributed by atoms with Gasteiger partial charge in [-0.3, -0.25) is 20.4 Å². The van der Waals surface area contributed by atoms with Gasteiger partial charge in [-0.15, -0.1) is 0 Å². The maximum Gasteiger partial charge on any atom is 0.273 e. The van der Waals surface area contributed by atoms with Crippen LogP contribution in [0.2, 0.25) is 0 Å². The van der Waals surface area contributed by atoms with Crippen LogP contribution in [-0.2, 0) is 4.79 Å². The molecule has 150 valence electrons. The number of amides is 2. The van der Waals surface area contributed by atoms with Gasteiger partial charge in [-0.1, -0.05) is 19.9 Å².